The van der Waals surface area contributed by atoms with Crippen molar-refractivity contribution in [2.24, 2.45) is 0 Å². The molecular weight excluding hydrogens is 346 g/mol. The molecule has 0 radical (unpaired) electrons. The summed E-state index contributed by atoms with van der Waals surface area (Å²) in [6.45, 7) is 2.85. The molecule has 2 aliphatic rings. The molecule has 0 saturated carbocycles. The molecule has 0 aliphatic carbocycles. The van der Waals surface area contributed by atoms with Crippen LogP contribution in [-0.2, 0) is 4.79 Å². The van der Waals surface area contributed by atoms with Crippen LogP contribution in [0.15, 0.2) is 18.2 Å². The van der Waals surface area contributed by atoms with Crippen LogP contribution in [0.5, 0.6) is 0 Å². The summed E-state index contributed by atoms with van der Waals surface area (Å²) in [6.07, 6.45) is 3.23. The largest absolute Gasteiger partial charge is 0.336 e. The van der Waals surface area contributed by atoms with E-state index in [-0.39, 0.29) is 23.9 Å². The van der Waals surface area contributed by atoms with Crippen LogP contribution < -0.4 is 10.6 Å². The van der Waals surface area contributed by atoms with E-state index in [4.69, 9.17) is 11.6 Å². The Kier molecular flexibility index (Phi) is 5.69. The fourth-order valence-corrected chi connectivity index (χ4v) is 4.32. The fraction of sp³-hybridized carbons (Fsp3) is 0.529. The molecule has 2 saturated heterocycles. The first-order valence-electron chi connectivity index (χ1n) is 8.29. The van der Waals surface area contributed by atoms with E-state index in [2.05, 4.69) is 17.6 Å². The van der Waals surface area contributed by atoms with Crippen molar-refractivity contribution < 1.29 is 9.59 Å². The number of piperidine rings is 1. The van der Waals surface area contributed by atoms with E-state index in [9.17, 15) is 9.59 Å². The zero-order chi connectivity index (χ0) is 17.1. The van der Waals surface area contributed by atoms with Crippen LogP contribution in [0.1, 0.15) is 36.5 Å². The lowest BCUT2D eigenvalue weighted by Gasteiger charge is -2.33. The van der Waals surface area contributed by atoms with Crippen molar-refractivity contribution in [1.29, 1.82) is 0 Å². The molecule has 2 atom stereocenters. The second kappa shape index (κ2) is 7.76. The maximum atomic E-state index is 12.7. The van der Waals surface area contributed by atoms with Gasteiger partial charge in [-0.25, -0.2) is 0 Å². The lowest BCUT2D eigenvalue weighted by Crippen LogP contribution is -2.42. The van der Waals surface area contributed by atoms with E-state index in [1.54, 1.807) is 30.0 Å². The normalized spacial score (nSPS) is 24.0. The summed E-state index contributed by atoms with van der Waals surface area (Å²) in [7, 11) is 0. The number of nitrogens with zero attached hydrogens (tertiary/aromatic N) is 1. The van der Waals surface area contributed by atoms with E-state index in [1.165, 1.54) is 0 Å². The third kappa shape index (κ3) is 3.87. The lowest BCUT2D eigenvalue weighted by atomic mass is 10.0. The molecule has 1 aromatic rings. The third-order valence-electron chi connectivity index (χ3n) is 4.56. The molecule has 2 aliphatic heterocycles. The number of nitrogens with one attached hydrogen (secondary N) is 2. The number of hydrogen-bond donors (Lipinski definition) is 2. The molecule has 24 heavy (non-hydrogen) atoms. The van der Waals surface area contributed by atoms with E-state index < -0.39 is 0 Å². The molecule has 2 unspecified atom stereocenters. The Morgan fingerprint density at radius 3 is 2.88 bits per heavy atom. The van der Waals surface area contributed by atoms with Gasteiger partial charge in [-0.1, -0.05) is 11.6 Å². The van der Waals surface area contributed by atoms with Crippen LogP contribution >= 0.6 is 23.4 Å². The highest BCUT2D eigenvalue weighted by molar-refractivity contribution is 7.99. The summed E-state index contributed by atoms with van der Waals surface area (Å²) < 4.78 is 0. The fourth-order valence-electron chi connectivity index (χ4n) is 3.11. The van der Waals surface area contributed by atoms with E-state index in [0.717, 1.165) is 37.4 Å². The summed E-state index contributed by atoms with van der Waals surface area (Å²) in [6, 6.07) is 5.17. The van der Waals surface area contributed by atoms with Crippen LogP contribution in [0.2, 0.25) is 5.02 Å². The van der Waals surface area contributed by atoms with Gasteiger partial charge in [0.15, 0.2) is 0 Å². The number of carbonyl (C=O) groups excluding carboxylic acids is 2. The SMILES string of the molecule is CC1CCCCN1C(=O)c1ccc(NC(=O)C2CSCN2)cc1Cl. The number of anilines is 1. The first-order valence-corrected chi connectivity index (χ1v) is 9.82. The minimum atomic E-state index is -0.177. The van der Waals surface area contributed by atoms with Crippen molar-refractivity contribution in [3.05, 3.63) is 28.8 Å². The average molecular weight is 368 g/mol. The second-order valence-electron chi connectivity index (χ2n) is 6.30. The molecule has 2 fully saturated rings. The molecule has 130 valence electrons. The van der Waals surface area contributed by atoms with E-state index >= 15 is 0 Å². The van der Waals surface area contributed by atoms with E-state index in [1.807, 2.05) is 4.90 Å². The number of benzene rings is 1. The highest BCUT2D eigenvalue weighted by Crippen LogP contribution is 2.26. The number of amides is 2. The van der Waals surface area contributed by atoms with Gasteiger partial charge in [0, 0.05) is 29.9 Å². The van der Waals surface area contributed by atoms with Gasteiger partial charge in [-0.05, 0) is 44.4 Å². The Balaban J connectivity index is 1.69. The molecule has 0 bridgehead atoms. The second-order valence-corrected chi connectivity index (χ2v) is 7.74. The number of likely N-dealkylation sites (tertiary alicyclic amines) is 1. The van der Waals surface area contributed by atoms with Crippen LogP contribution in [-0.4, -0.2) is 47.0 Å². The number of rotatable bonds is 3. The van der Waals surface area contributed by atoms with Gasteiger partial charge in [-0.3, -0.25) is 14.9 Å². The van der Waals surface area contributed by atoms with Crippen molar-refractivity contribution in [3.63, 3.8) is 0 Å². The van der Waals surface area contributed by atoms with Crippen molar-refractivity contribution in [1.82, 2.24) is 10.2 Å². The molecule has 2 N–H and O–H groups in total. The van der Waals surface area contributed by atoms with Gasteiger partial charge in [0.2, 0.25) is 5.91 Å². The third-order valence-corrected chi connectivity index (χ3v) is 5.82. The minimum Gasteiger partial charge on any atom is -0.336 e. The molecule has 2 amide bonds. The smallest absolute Gasteiger partial charge is 0.255 e. The monoisotopic (exact) mass is 367 g/mol. The summed E-state index contributed by atoms with van der Waals surface area (Å²) in [5.74, 6) is 1.46. The first kappa shape index (κ1) is 17.6. The quantitative estimate of drug-likeness (QED) is 0.862. The van der Waals surface area contributed by atoms with Crippen LogP contribution in [0.25, 0.3) is 0 Å². The number of thioether (sulfide) groups is 1. The zero-order valence-corrected chi connectivity index (χ0v) is 15.3. The van der Waals surface area contributed by atoms with Gasteiger partial charge in [0.25, 0.3) is 5.91 Å². The van der Waals surface area contributed by atoms with Gasteiger partial charge in [0.1, 0.15) is 0 Å². The number of hydrogen-bond acceptors (Lipinski definition) is 4. The lowest BCUT2D eigenvalue weighted by molar-refractivity contribution is -0.117. The highest BCUT2D eigenvalue weighted by atomic mass is 35.5. The van der Waals surface area contributed by atoms with Gasteiger partial charge in [-0.2, -0.15) is 0 Å². The molecule has 7 heteroatoms. The molecule has 0 aromatic heterocycles. The molecule has 1 aromatic carbocycles. The maximum Gasteiger partial charge on any atom is 0.255 e. The van der Waals surface area contributed by atoms with E-state index in [0.29, 0.717) is 16.3 Å². The Morgan fingerprint density at radius 1 is 1.38 bits per heavy atom. The van der Waals surface area contributed by atoms with Crippen LogP contribution in [0.3, 0.4) is 0 Å². The zero-order valence-electron chi connectivity index (χ0n) is 13.7. The highest BCUT2D eigenvalue weighted by Gasteiger charge is 2.26. The van der Waals surface area contributed by atoms with Gasteiger partial charge >= 0.3 is 0 Å². The first-order chi connectivity index (χ1) is 11.6. The average Bonchev–Trinajstić information content (AvgIpc) is 3.09. The topological polar surface area (TPSA) is 61.4 Å². The van der Waals surface area contributed by atoms with Crippen LogP contribution in [0, 0.1) is 0 Å². The van der Waals surface area contributed by atoms with Gasteiger partial charge in [0.05, 0.1) is 16.6 Å². The molecule has 5 nitrogen and oxygen atoms in total. The standard InChI is InChI=1S/C17H22ClN3O2S/c1-11-4-2-3-7-21(11)17(23)13-6-5-12(8-14(13)18)20-16(22)15-9-24-10-19-15/h5-6,8,11,15,19H,2-4,7,9-10H2,1H3,(H,20,22). The molecule has 2 heterocycles. The minimum absolute atomic E-state index is 0.0288. The van der Waals surface area contributed by atoms with Gasteiger partial charge < -0.3 is 10.2 Å². The number of carbonyl (C=O) groups is 2. The summed E-state index contributed by atoms with van der Waals surface area (Å²) in [4.78, 5) is 26.7. The Labute approximate surface area is 151 Å². The van der Waals surface area contributed by atoms with Crippen molar-refractivity contribution in [2.75, 3.05) is 23.5 Å². The molecule has 0 spiro atoms. The summed E-state index contributed by atoms with van der Waals surface area (Å²) >= 11 is 8.01. The summed E-state index contributed by atoms with van der Waals surface area (Å²) in [5, 5.41) is 6.36. The summed E-state index contributed by atoms with van der Waals surface area (Å²) in [5.41, 5.74) is 1.12. The Bertz CT molecular complexity index is 634. The van der Waals surface area contributed by atoms with Crippen molar-refractivity contribution in [3.8, 4) is 0 Å². The van der Waals surface area contributed by atoms with Crippen LogP contribution in [0.4, 0.5) is 5.69 Å². The Morgan fingerprint density at radius 2 is 2.21 bits per heavy atom. The van der Waals surface area contributed by atoms with Gasteiger partial charge in [-0.15, -0.1) is 11.8 Å². The van der Waals surface area contributed by atoms with Crippen molar-refractivity contribution in [2.45, 2.75) is 38.3 Å². The molecule has 3 rings (SSSR count). The Hall–Kier alpha value is -1.24. The predicted molar refractivity (Wildman–Crippen MR) is 98.7 cm³/mol. The number of halogens is 1. The molecular formula is C17H22ClN3O2S. The van der Waals surface area contributed by atoms with Crippen molar-refractivity contribution >= 4 is 40.9 Å². The predicted octanol–water partition coefficient (Wildman–Crippen LogP) is 2.96. The maximum absolute atomic E-state index is 12.7.